The molecule has 2 aromatic rings. The fourth-order valence-corrected chi connectivity index (χ4v) is 3.20. The van der Waals surface area contributed by atoms with Gasteiger partial charge < -0.3 is 14.8 Å². The third-order valence-corrected chi connectivity index (χ3v) is 4.99. The Hall–Kier alpha value is -2.67. The van der Waals surface area contributed by atoms with Gasteiger partial charge in [-0.05, 0) is 49.9 Å². The van der Waals surface area contributed by atoms with Gasteiger partial charge >= 0.3 is 6.03 Å². The molecule has 2 aromatic carbocycles. The molecule has 0 bridgehead atoms. The molecule has 28 heavy (non-hydrogen) atoms. The molecule has 3 rings (SSSR count). The molecule has 1 saturated carbocycles. The fourth-order valence-electron chi connectivity index (χ4n) is 3.09. The Bertz CT molecular complexity index is 764. The van der Waals surface area contributed by atoms with Gasteiger partial charge in [-0.2, -0.15) is 0 Å². The number of imide groups is 1. The fraction of sp³-hybridized carbons (Fsp3) is 0.333. The van der Waals surface area contributed by atoms with Crippen molar-refractivity contribution >= 4 is 24.8 Å². The van der Waals surface area contributed by atoms with Gasteiger partial charge in [0.2, 0.25) is 0 Å². The maximum absolute atomic E-state index is 12.3. The maximum atomic E-state index is 12.3. The second-order valence-corrected chi connectivity index (χ2v) is 7.06. The topological polar surface area (TPSA) is 67.9 Å². The number of rotatable bonds is 6. The number of amides is 3. The molecule has 3 amide bonds. The number of nitrogens with one attached hydrogen (secondary N) is 1. The van der Waals surface area contributed by atoms with Gasteiger partial charge in [0.1, 0.15) is 11.5 Å². The van der Waals surface area contributed by atoms with Crippen LogP contribution in [-0.4, -0.2) is 35.0 Å². The maximum Gasteiger partial charge on any atom is 0.334 e. The largest absolute Gasteiger partial charge is 0.490 e. The Morgan fingerprint density at radius 2 is 1.50 bits per heavy atom. The molecule has 1 aliphatic carbocycles. The average Bonchev–Trinajstić information content (AvgIpc) is 2.74. The summed E-state index contributed by atoms with van der Waals surface area (Å²) in [7, 11) is 0. The molecule has 1 aliphatic rings. The highest BCUT2D eigenvalue weighted by Crippen LogP contribution is 2.24. The molecule has 0 heterocycles. The van der Waals surface area contributed by atoms with Crippen molar-refractivity contribution in [1.82, 2.24) is 9.62 Å². The monoisotopic (exact) mass is 400 g/mol. The summed E-state index contributed by atoms with van der Waals surface area (Å²) < 4.78 is 12.1. The zero-order valence-electron chi connectivity index (χ0n) is 15.5. The number of carbonyl (C=O) groups is 2. The number of hydrogen-bond donors (Lipinski definition) is 2. The third-order valence-electron chi connectivity index (χ3n) is 4.58. The third kappa shape index (κ3) is 5.92. The number of carbonyl (C=O) groups excluding carboxylic acids is 2. The quantitative estimate of drug-likeness (QED) is 0.723. The van der Waals surface area contributed by atoms with E-state index in [1.165, 1.54) is 0 Å². The number of ether oxygens (including phenoxy) is 2. The molecular weight excluding hydrogens is 376 g/mol. The minimum absolute atomic E-state index is 0.000570. The van der Waals surface area contributed by atoms with Crippen LogP contribution in [0.25, 0.3) is 0 Å². The van der Waals surface area contributed by atoms with Crippen molar-refractivity contribution in [2.24, 2.45) is 0 Å². The Morgan fingerprint density at radius 1 is 0.929 bits per heavy atom. The number of benzene rings is 2. The average molecular weight is 401 g/mol. The highest BCUT2D eigenvalue weighted by atomic mass is 32.1. The van der Waals surface area contributed by atoms with Crippen molar-refractivity contribution in [3.8, 4) is 11.5 Å². The van der Waals surface area contributed by atoms with Crippen molar-refractivity contribution in [3.63, 3.8) is 0 Å². The van der Waals surface area contributed by atoms with Crippen LogP contribution in [0.4, 0.5) is 4.79 Å². The molecular formula is C21H24N2O4S. The molecule has 0 saturated heterocycles. The summed E-state index contributed by atoms with van der Waals surface area (Å²) in [4.78, 5) is 24.4. The molecule has 7 heteroatoms. The Kier molecular flexibility index (Phi) is 7.19. The minimum Gasteiger partial charge on any atom is -0.490 e. The molecule has 0 unspecified atom stereocenters. The smallest absolute Gasteiger partial charge is 0.334 e. The Balaban J connectivity index is 1.39. The molecule has 6 nitrogen and oxygen atoms in total. The second-order valence-electron chi connectivity index (χ2n) is 6.66. The van der Waals surface area contributed by atoms with Crippen molar-refractivity contribution in [3.05, 3.63) is 60.7 Å². The van der Waals surface area contributed by atoms with Crippen LogP contribution in [0.3, 0.4) is 0 Å². The standard InChI is InChI=1S/C21H24N2O4S/c24-20(15-26-17-7-3-1-4-8-17)23(28)21(25)22-16-11-13-19(14-12-16)27-18-9-5-2-6-10-18/h1-10,16,19,28H,11-15H2,(H,22,25). The van der Waals surface area contributed by atoms with Gasteiger partial charge in [-0.25, -0.2) is 9.10 Å². The van der Waals surface area contributed by atoms with E-state index in [4.69, 9.17) is 9.47 Å². The van der Waals surface area contributed by atoms with Crippen LogP contribution in [-0.2, 0) is 4.79 Å². The lowest BCUT2D eigenvalue weighted by Gasteiger charge is -2.30. The van der Waals surface area contributed by atoms with Crippen LogP contribution in [0.1, 0.15) is 25.7 Å². The van der Waals surface area contributed by atoms with Crippen LogP contribution < -0.4 is 14.8 Å². The molecule has 148 valence electrons. The first-order chi connectivity index (χ1) is 13.6. The van der Waals surface area contributed by atoms with Gasteiger partial charge in [-0.1, -0.05) is 49.2 Å². The van der Waals surface area contributed by atoms with Crippen molar-refractivity contribution in [2.45, 2.75) is 37.8 Å². The summed E-state index contributed by atoms with van der Waals surface area (Å²) in [6.07, 6.45) is 3.41. The summed E-state index contributed by atoms with van der Waals surface area (Å²) in [5.74, 6) is 0.904. The van der Waals surface area contributed by atoms with E-state index in [9.17, 15) is 9.59 Å². The van der Waals surface area contributed by atoms with Crippen molar-refractivity contribution < 1.29 is 19.1 Å². The van der Waals surface area contributed by atoms with E-state index in [1.54, 1.807) is 12.1 Å². The summed E-state index contributed by atoms with van der Waals surface area (Å²) in [5.41, 5.74) is 0. The molecule has 1 N–H and O–H groups in total. The first kappa shape index (κ1) is 20.1. The van der Waals surface area contributed by atoms with Crippen molar-refractivity contribution in [2.75, 3.05) is 6.61 Å². The van der Waals surface area contributed by atoms with E-state index in [1.807, 2.05) is 48.5 Å². The van der Waals surface area contributed by atoms with E-state index >= 15 is 0 Å². The lowest BCUT2D eigenvalue weighted by molar-refractivity contribution is -0.126. The molecule has 0 spiro atoms. The van der Waals surface area contributed by atoms with Gasteiger partial charge in [0.15, 0.2) is 6.61 Å². The SMILES string of the molecule is O=C(COc1ccccc1)N(S)C(=O)NC1CCC(Oc2ccccc2)CC1. The molecule has 0 aromatic heterocycles. The van der Waals surface area contributed by atoms with Crippen molar-refractivity contribution in [1.29, 1.82) is 0 Å². The van der Waals surface area contributed by atoms with Crippen LogP contribution in [0.5, 0.6) is 11.5 Å². The van der Waals surface area contributed by atoms with Gasteiger partial charge in [-0.3, -0.25) is 4.79 Å². The van der Waals surface area contributed by atoms with Crippen LogP contribution >= 0.6 is 12.8 Å². The summed E-state index contributed by atoms with van der Waals surface area (Å²) in [6, 6.07) is 18.1. The van der Waals surface area contributed by atoms with Crippen LogP contribution in [0.2, 0.25) is 0 Å². The molecule has 1 fully saturated rings. The first-order valence-corrected chi connectivity index (χ1v) is 9.73. The van der Waals surface area contributed by atoms with Crippen LogP contribution in [0, 0.1) is 0 Å². The highest BCUT2D eigenvalue weighted by Gasteiger charge is 2.26. The number of urea groups is 1. The molecule has 0 aliphatic heterocycles. The number of thiol groups is 1. The lowest BCUT2D eigenvalue weighted by atomic mass is 9.93. The van der Waals surface area contributed by atoms with Gasteiger partial charge in [0.05, 0.1) is 6.10 Å². The van der Waals surface area contributed by atoms with E-state index in [0.717, 1.165) is 35.7 Å². The van der Waals surface area contributed by atoms with Gasteiger partial charge in [-0.15, -0.1) is 0 Å². The van der Waals surface area contributed by atoms with E-state index in [0.29, 0.717) is 5.75 Å². The summed E-state index contributed by atoms with van der Waals surface area (Å²) >= 11 is 4.02. The lowest BCUT2D eigenvalue weighted by Crippen LogP contribution is -2.46. The predicted molar refractivity (Wildman–Crippen MR) is 109 cm³/mol. The van der Waals surface area contributed by atoms with Gasteiger partial charge in [0, 0.05) is 6.04 Å². The predicted octanol–water partition coefficient (Wildman–Crippen LogP) is 3.84. The summed E-state index contributed by atoms with van der Waals surface area (Å²) in [5, 5.41) is 2.86. The molecule has 0 radical (unpaired) electrons. The van der Waals surface area contributed by atoms with Gasteiger partial charge in [0.25, 0.3) is 5.91 Å². The van der Waals surface area contributed by atoms with E-state index < -0.39 is 11.9 Å². The van der Waals surface area contributed by atoms with Crippen LogP contribution in [0.15, 0.2) is 60.7 Å². The summed E-state index contributed by atoms with van der Waals surface area (Å²) in [6.45, 7) is -0.251. The number of para-hydroxylation sites is 2. The number of nitrogens with zero attached hydrogens (tertiary/aromatic N) is 1. The molecule has 0 atom stereocenters. The Labute approximate surface area is 170 Å². The van der Waals surface area contributed by atoms with E-state index in [2.05, 4.69) is 18.1 Å². The number of hydrogen-bond acceptors (Lipinski definition) is 5. The second kappa shape index (κ2) is 10.0. The zero-order valence-corrected chi connectivity index (χ0v) is 16.4. The Morgan fingerprint density at radius 3 is 2.11 bits per heavy atom. The normalized spacial score (nSPS) is 18.8. The first-order valence-electron chi connectivity index (χ1n) is 9.33. The zero-order chi connectivity index (χ0) is 19.8. The minimum atomic E-state index is -0.530. The highest BCUT2D eigenvalue weighted by molar-refractivity contribution is 7.79. The van der Waals surface area contributed by atoms with E-state index in [-0.39, 0.29) is 18.8 Å².